The first-order valence-corrected chi connectivity index (χ1v) is 8.11. The number of thioether (sulfide) groups is 1. The third kappa shape index (κ3) is 3.83. The highest BCUT2D eigenvalue weighted by molar-refractivity contribution is 7.98. The number of thiophene rings is 1. The molecule has 0 atom stereocenters. The molecule has 0 aliphatic heterocycles. The number of benzene rings is 1. The zero-order valence-corrected chi connectivity index (χ0v) is 12.7. The van der Waals surface area contributed by atoms with E-state index in [4.69, 9.17) is 4.42 Å². The van der Waals surface area contributed by atoms with Crippen LogP contribution in [0.2, 0.25) is 0 Å². The fraction of sp³-hybridized carbons (Fsp3) is 0.143. The van der Waals surface area contributed by atoms with Crippen LogP contribution < -0.4 is 4.74 Å². The van der Waals surface area contributed by atoms with Gasteiger partial charge in [0.2, 0.25) is 0 Å². The van der Waals surface area contributed by atoms with E-state index >= 15 is 0 Å². The summed E-state index contributed by atoms with van der Waals surface area (Å²) in [6.45, 7) is -2.81. The number of alkyl halides is 2. The lowest BCUT2D eigenvalue weighted by Gasteiger charge is -2.04. The molecule has 0 fully saturated rings. The van der Waals surface area contributed by atoms with Gasteiger partial charge in [0.1, 0.15) is 5.75 Å². The van der Waals surface area contributed by atoms with Crippen LogP contribution in [0.5, 0.6) is 5.75 Å². The zero-order valence-electron chi connectivity index (χ0n) is 11.1. The highest BCUT2D eigenvalue weighted by Gasteiger charge is 2.10. The van der Waals surface area contributed by atoms with Gasteiger partial charge in [-0.25, -0.2) is 0 Å². The first-order chi connectivity index (χ1) is 10.7. The van der Waals surface area contributed by atoms with Crippen LogP contribution in [0.15, 0.2) is 51.4 Å². The topological polar surface area (TPSA) is 48.2 Å². The average molecular weight is 340 g/mol. The SMILES string of the molecule is FC(F)Oc1ccc(CSc2nnc(-c3cccs3)o2)cc1. The van der Waals surface area contributed by atoms with Gasteiger partial charge in [0, 0.05) is 5.75 Å². The molecule has 2 aromatic heterocycles. The van der Waals surface area contributed by atoms with Gasteiger partial charge in [0.25, 0.3) is 11.1 Å². The van der Waals surface area contributed by atoms with Gasteiger partial charge in [-0.05, 0) is 29.1 Å². The van der Waals surface area contributed by atoms with Crippen molar-refractivity contribution in [2.75, 3.05) is 0 Å². The quantitative estimate of drug-likeness (QED) is 0.609. The second-order valence-corrected chi connectivity index (χ2v) is 6.04. The summed E-state index contributed by atoms with van der Waals surface area (Å²) in [6, 6.07) is 10.3. The molecule has 3 aromatic rings. The van der Waals surface area contributed by atoms with Gasteiger partial charge >= 0.3 is 6.61 Å². The standard InChI is InChI=1S/C14H10F2N2O2S2/c15-13(16)19-10-5-3-9(4-6-10)8-22-14-18-17-12(20-14)11-2-1-7-21-11/h1-7,13H,8H2. The Morgan fingerprint density at radius 1 is 1.18 bits per heavy atom. The van der Waals surface area contributed by atoms with E-state index in [1.54, 1.807) is 12.1 Å². The fourth-order valence-corrected chi connectivity index (χ4v) is 3.04. The summed E-state index contributed by atoms with van der Waals surface area (Å²) in [5.41, 5.74) is 0.947. The summed E-state index contributed by atoms with van der Waals surface area (Å²) in [5, 5.41) is 10.4. The van der Waals surface area contributed by atoms with Gasteiger partial charge in [-0.1, -0.05) is 30.0 Å². The second-order valence-electron chi connectivity index (χ2n) is 4.16. The third-order valence-electron chi connectivity index (χ3n) is 2.65. The number of ether oxygens (including phenoxy) is 1. The number of aromatic nitrogens is 2. The van der Waals surface area contributed by atoms with Crippen LogP contribution in [0.25, 0.3) is 10.8 Å². The van der Waals surface area contributed by atoms with Crippen LogP contribution in [-0.2, 0) is 5.75 Å². The van der Waals surface area contributed by atoms with E-state index < -0.39 is 6.61 Å². The van der Waals surface area contributed by atoms with Crippen LogP contribution in [0.3, 0.4) is 0 Å². The summed E-state index contributed by atoms with van der Waals surface area (Å²) in [4.78, 5) is 0.924. The molecule has 114 valence electrons. The molecule has 0 unspecified atom stereocenters. The number of hydrogen-bond acceptors (Lipinski definition) is 6. The Morgan fingerprint density at radius 3 is 2.68 bits per heavy atom. The Labute approximate surface area is 133 Å². The molecule has 0 radical (unpaired) electrons. The molecule has 0 aliphatic rings. The number of nitrogens with zero attached hydrogens (tertiary/aromatic N) is 2. The van der Waals surface area contributed by atoms with Crippen LogP contribution in [0.1, 0.15) is 5.56 Å². The number of rotatable bonds is 6. The third-order valence-corrected chi connectivity index (χ3v) is 4.40. The van der Waals surface area contributed by atoms with Crippen LogP contribution in [0.4, 0.5) is 8.78 Å². The minimum atomic E-state index is -2.81. The Kier molecular flexibility index (Phi) is 4.69. The van der Waals surface area contributed by atoms with Crippen molar-refractivity contribution in [3.05, 3.63) is 47.3 Å². The maximum absolute atomic E-state index is 12.1. The lowest BCUT2D eigenvalue weighted by molar-refractivity contribution is -0.0498. The van der Waals surface area contributed by atoms with Crippen molar-refractivity contribution in [2.24, 2.45) is 0 Å². The van der Waals surface area contributed by atoms with Crippen molar-refractivity contribution >= 4 is 23.1 Å². The van der Waals surface area contributed by atoms with Gasteiger partial charge < -0.3 is 9.15 Å². The molecular weight excluding hydrogens is 330 g/mol. The molecule has 0 amide bonds. The van der Waals surface area contributed by atoms with Crippen molar-refractivity contribution in [3.8, 4) is 16.5 Å². The van der Waals surface area contributed by atoms with E-state index in [2.05, 4.69) is 14.9 Å². The van der Waals surface area contributed by atoms with Gasteiger partial charge in [0.05, 0.1) is 4.88 Å². The van der Waals surface area contributed by atoms with E-state index in [1.807, 2.05) is 17.5 Å². The monoisotopic (exact) mass is 340 g/mol. The summed E-state index contributed by atoms with van der Waals surface area (Å²) < 4.78 is 34.0. The predicted octanol–water partition coefficient (Wildman–Crippen LogP) is 4.69. The maximum Gasteiger partial charge on any atom is 0.387 e. The van der Waals surface area contributed by atoms with E-state index in [-0.39, 0.29) is 5.75 Å². The lowest BCUT2D eigenvalue weighted by Crippen LogP contribution is -2.01. The summed E-state index contributed by atoms with van der Waals surface area (Å²) in [6.07, 6.45) is 0. The Bertz CT molecular complexity index is 715. The molecule has 1 aromatic carbocycles. The largest absolute Gasteiger partial charge is 0.435 e. The van der Waals surface area contributed by atoms with E-state index in [0.29, 0.717) is 16.9 Å². The van der Waals surface area contributed by atoms with E-state index in [9.17, 15) is 8.78 Å². The van der Waals surface area contributed by atoms with E-state index in [0.717, 1.165) is 10.4 Å². The molecule has 3 rings (SSSR count). The van der Waals surface area contributed by atoms with Gasteiger partial charge in [-0.15, -0.1) is 21.5 Å². The predicted molar refractivity (Wildman–Crippen MR) is 80.2 cm³/mol. The minimum Gasteiger partial charge on any atom is -0.435 e. The van der Waals surface area contributed by atoms with Crippen LogP contribution >= 0.6 is 23.1 Å². The summed E-state index contributed by atoms with van der Waals surface area (Å²) in [7, 11) is 0. The van der Waals surface area contributed by atoms with Crippen molar-refractivity contribution < 1.29 is 17.9 Å². The molecule has 0 saturated carbocycles. The second kappa shape index (κ2) is 6.89. The first kappa shape index (κ1) is 15.0. The molecule has 2 heterocycles. The number of halogens is 2. The normalized spacial score (nSPS) is 11.0. The molecule has 0 N–H and O–H groups in total. The summed E-state index contributed by atoms with van der Waals surface area (Å²) in [5.74, 6) is 1.24. The van der Waals surface area contributed by atoms with Gasteiger partial charge in [-0.3, -0.25) is 0 Å². The molecule has 0 spiro atoms. The van der Waals surface area contributed by atoms with Gasteiger partial charge in [-0.2, -0.15) is 8.78 Å². The highest BCUT2D eigenvalue weighted by atomic mass is 32.2. The minimum absolute atomic E-state index is 0.140. The first-order valence-electron chi connectivity index (χ1n) is 6.24. The van der Waals surface area contributed by atoms with Crippen molar-refractivity contribution in [1.29, 1.82) is 0 Å². The molecule has 0 aliphatic carbocycles. The van der Waals surface area contributed by atoms with E-state index in [1.165, 1.54) is 35.2 Å². The van der Waals surface area contributed by atoms with Crippen molar-refractivity contribution in [1.82, 2.24) is 10.2 Å². The molecule has 4 nitrogen and oxygen atoms in total. The molecular formula is C14H10F2N2O2S2. The maximum atomic E-state index is 12.1. The van der Waals surface area contributed by atoms with Crippen LogP contribution in [0, 0.1) is 0 Å². The Hall–Kier alpha value is -1.93. The fourth-order valence-electron chi connectivity index (χ4n) is 1.68. The molecule has 22 heavy (non-hydrogen) atoms. The number of hydrogen-bond donors (Lipinski definition) is 0. The highest BCUT2D eigenvalue weighted by Crippen LogP contribution is 2.28. The smallest absolute Gasteiger partial charge is 0.387 e. The van der Waals surface area contributed by atoms with Gasteiger partial charge in [0.15, 0.2) is 0 Å². The summed E-state index contributed by atoms with van der Waals surface area (Å²) >= 11 is 2.92. The lowest BCUT2D eigenvalue weighted by atomic mass is 10.2. The Balaban J connectivity index is 1.58. The zero-order chi connectivity index (χ0) is 15.4. The molecule has 0 bridgehead atoms. The molecule has 8 heteroatoms. The average Bonchev–Trinajstić information content (AvgIpc) is 3.17. The molecule has 0 saturated heterocycles. The van der Waals surface area contributed by atoms with Crippen molar-refractivity contribution in [2.45, 2.75) is 17.6 Å². The van der Waals surface area contributed by atoms with Crippen molar-refractivity contribution in [3.63, 3.8) is 0 Å². The van der Waals surface area contributed by atoms with Crippen LogP contribution in [-0.4, -0.2) is 16.8 Å². The Morgan fingerprint density at radius 2 is 2.00 bits per heavy atom.